The third-order valence-electron chi connectivity index (χ3n) is 4.64. The molecule has 0 fully saturated rings. The maximum atomic E-state index is 13.4. The highest BCUT2D eigenvalue weighted by molar-refractivity contribution is 7.98. The van der Waals surface area contributed by atoms with E-state index in [2.05, 4.69) is 10.6 Å². The molecule has 1 aromatic carbocycles. The van der Waals surface area contributed by atoms with Crippen molar-refractivity contribution in [2.45, 2.75) is 19.1 Å². The lowest BCUT2D eigenvalue weighted by molar-refractivity contribution is -0.114. The van der Waals surface area contributed by atoms with Crippen molar-refractivity contribution < 1.29 is 14.3 Å². The standard InChI is InChI=1S/C21H21N3O3S2/c1-13(25)22-14-5-6-17(27-2)16(11-14)23-20(26)19-15-7-10-28-12-18(15)29-21(19)24-8-3-4-9-24/h3-6,8-9,11H,7,10,12H2,1-2H3,(H,22,25)(H,23,26). The first-order valence-corrected chi connectivity index (χ1v) is 11.2. The lowest BCUT2D eigenvalue weighted by Crippen LogP contribution is -2.17. The molecule has 0 aliphatic carbocycles. The lowest BCUT2D eigenvalue weighted by atomic mass is 10.1. The number of benzene rings is 1. The highest BCUT2D eigenvalue weighted by Gasteiger charge is 2.27. The number of fused-ring (bicyclic) bond motifs is 1. The molecule has 29 heavy (non-hydrogen) atoms. The molecule has 2 amide bonds. The largest absolute Gasteiger partial charge is 0.495 e. The second kappa shape index (κ2) is 8.34. The molecule has 0 spiro atoms. The Balaban J connectivity index is 1.72. The molecule has 0 saturated heterocycles. The number of thioether (sulfide) groups is 1. The van der Waals surface area contributed by atoms with Crippen LogP contribution < -0.4 is 15.4 Å². The number of ether oxygens (including phenoxy) is 1. The number of amides is 2. The Morgan fingerprint density at radius 1 is 1.17 bits per heavy atom. The van der Waals surface area contributed by atoms with Gasteiger partial charge in [-0.15, -0.1) is 11.3 Å². The Morgan fingerprint density at radius 3 is 2.69 bits per heavy atom. The number of aromatic nitrogens is 1. The maximum absolute atomic E-state index is 13.4. The molecule has 0 atom stereocenters. The minimum atomic E-state index is -0.174. The molecule has 8 heteroatoms. The molecular formula is C21H21N3O3S2. The summed E-state index contributed by atoms with van der Waals surface area (Å²) in [5, 5.41) is 6.67. The van der Waals surface area contributed by atoms with Gasteiger partial charge >= 0.3 is 0 Å². The van der Waals surface area contributed by atoms with Gasteiger partial charge in [0.05, 0.1) is 18.4 Å². The number of nitrogens with one attached hydrogen (secondary N) is 2. The van der Waals surface area contributed by atoms with E-state index in [1.165, 1.54) is 11.8 Å². The number of hydrogen-bond donors (Lipinski definition) is 2. The predicted molar refractivity (Wildman–Crippen MR) is 119 cm³/mol. The number of carbonyl (C=O) groups excluding carboxylic acids is 2. The fourth-order valence-corrected chi connectivity index (χ4v) is 5.82. The molecule has 3 heterocycles. The van der Waals surface area contributed by atoms with Crippen LogP contribution in [0.4, 0.5) is 11.4 Å². The number of carbonyl (C=O) groups is 2. The summed E-state index contributed by atoms with van der Waals surface area (Å²) in [5.41, 5.74) is 2.97. The van der Waals surface area contributed by atoms with Gasteiger partial charge in [0.25, 0.3) is 5.91 Å². The van der Waals surface area contributed by atoms with Crippen molar-refractivity contribution in [3.05, 3.63) is 58.7 Å². The lowest BCUT2D eigenvalue weighted by Gasteiger charge is -2.15. The first-order chi connectivity index (χ1) is 14.1. The molecule has 0 unspecified atom stereocenters. The van der Waals surface area contributed by atoms with Crippen molar-refractivity contribution in [2.75, 3.05) is 23.5 Å². The van der Waals surface area contributed by atoms with E-state index in [0.717, 1.165) is 28.5 Å². The molecular weight excluding hydrogens is 406 g/mol. The summed E-state index contributed by atoms with van der Waals surface area (Å²) in [6, 6.07) is 9.09. The zero-order valence-electron chi connectivity index (χ0n) is 16.2. The van der Waals surface area contributed by atoms with Gasteiger partial charge in [0.15, 0.2) is 0 Å². The van der Waals surface area contributed by atoms with Crippen LogP contribution in [-0.4, -0.2) is 29.2 Å². The summed E-state index contributed by atoms with van der Waals surface area (Å²) in [6.45, 7) is 1.45. The Kier molecular flexibility index (Phi) is 5.64. The number of rotatable bonds is 5. The Morgan fingerprint density at radius 2 is 1.97 bits per heavy atom. The van der Waals surface area contributed by atoms with Crippen LogP contribution in [0.1, 0.15) is 27.7 Å². The van der Waals surface area contributed by atoms with Crippen molar-refractivity contribution in [1.29, 1.82) is 0 Å². The number of thiophene rings is 1. The molecule has 0 bridgehead atoms. The quantitative estimate of drug-likeness (QED) is 0.627. The van der Waals surface area contributed by atoms with Crippen LogP contribution in [0.3, 0.4) is 0 Å². The van der Waals surface area contributed by atoms with E-state index < -0.39 is 0 Å². The van der Waals surface area contributed by atoms with Gasteiger partial charge in [-0.25, -0.2) is 0 Å². The first kappa shape index (κ1) is 19.6. The zero-order chi connectivity index (χ0) is 20.4. The van der Waals surface area contributed by atoms with Crippen molar-refractivity contribution >= 4 is 46.3 Å². The summed E-state index contributed by atoms with van der Waals surface area (Å²) in [7, 11) is 1.55. The van der Waals surface area contributed by atoms with Gasteiger partial charge in [0.1, 0.15) is 10.8 Å². The fraction of sp³-hybridized carbons (Fsp3) is 0.238. The summed E-state index contributed by atoms with van der Waals surface area (Å²) >= 11 is 3.57. The average molecular weight is 428 g/mol. The Labute approximate surface area is 177 Å². The van der Waals surface area contributed by atoms with Crippen LogP contribution in [-0.2, 0) is 17.0 Å². The summed E-state index contributed by atoms with van der Waals surface area (Å²) in [6.07, 6.45) is 4.79. The van der Waals surface area contributed by atoms with E-state index >= 15 is 0 Å². The Hall–Kier alpha value is -2.71. The van der Waals surface area contributed by atoms with Gasteiger partial charge in [-0.05, 0) is 48.1 Å². The van der Waals surface area contributed by atoms with Gasteiger partial charge in [-0.3, -0.25) is 9.59 Å². The van der Waals surface area contributed by atoms with E-state index in [4.69, 9.17) is 4.74 Å². The minimum Gasteiger partial charge on any atom is -0.495 e. The minimum absolute atomic E-state index is 0.170. The molecule has 0 saturated carbocycles. The van der Waals surface area contributed by atoms with Crippen LogP contribution in [0.5, 0.6) is 5.75 Å². The van der Waals surface area contributed by atoms with Crippen molar-refractivity contribution in [1.82, 2.24) is 4.57 Å². The zero-order valence-corrected chi connectivity index (χ0v) is 17.8. The van der Waals surface area contributed by atoms with E-state index in [-0.39, 0.29) is 11.8 Å². The van der Waals surface area contributed by atoms with Crippen LogP contribution in [0, 0.1) is 0 Å². The molecule has 0 radical (unpaired) electrons. The van der Waals surface area contributed by atoms with Gasteiger partial charge in [-0.1, -0.05) is 0 Å². The highest BCUT2D eigenvalue weighted by atomic mass is 32.2. The average Bonchev–Trinajstić information content (AvgIpc) is 3.35. The van der Waals surface area contributed by atoms with Gasteiger partial charge in [0, 0.05) is 35.6 Å². The van der Waals surface area contributed by atoms with E-state index in [1.54, 1.807) is 36.6 Å². The van der Waals surface area contributed by atoms with Crippen molar-refractivity contribution in [3.8, 4) is 10.8 Å². The molecule has 6 nitrogen and oxygen atoms in total. The normalized spacial score (nSPS) is 12.9. The van der Waals surface area contributed by atoms with E-state index in [0.29, 0.717) is 22.7 Å². The summed E-state index contributed by atoms with van der Waals surface area (Å²) in [5.74, 6) is 2.14. The number of anilines is 2. The van der Waals surface area contributed by atoms with E-state index in [1.807, 2.05) is 40.9 Å². The molecule has 2 aromatic heterocycles. The molecule has 3 aromatic rings. The third-order valence-corrected chi connectivity index (χ3v) is 7.05. The fourth-order valence-electron chi connectivity index (χ4n) is 3.38. The topological polar surface area (TPSA) is 72.4 Å². The molecule has 150 valence electrons. The van der Waals surface area contributed by atoms with Crippen molar-refractivity contribution in [2.24, 2.45) is 0 Å². The van der Waals surface area contributed by atoms with Crippen LogP contribution in [0.25, 0.3) is 5.00 Å². The summed E-state index contributed by atoms with van der Waals surface area (Å²) < 4.78 is 7.40. The highest BCUT2D eigenvalue weighted by Crippen LogP contribution is 2.39. The second-order valence-electron chi connectivity index (χ2n) is 6.63. The number of nitrogens with zero attached hydrogens (tertiary/aromatic N) is 1. The van der Waals surface area contributed by atoms with Gasteiger partial charge in [0.2, 0.25) is 5.91 Å². The van der Waals surface area contributed by atoms with Crippen LogP contribution in [0.2, 0.25) is 0 Å². The molecule has 1 aliphatic heterocycles. The maximum Gasteiger partial charge on any atom is 0.259 e. The predicted octanol–water partition coefficient (Wildman–Crippen LogP) is 4.55. The van der Waals surface area contributed by atoms with E-state index in [9.17, 15) is 9.59 Å². The monoisotopic (exact) mass is 427 g/mol. The molecule has 4 rings (SSSR count). The number of methoxy groups -OCH3 is 1. The number of hydrogen-bond acceptors (Lipinski definition) is 5. The second-order valence-corrected chi connectivity index (χ2v) is 8.82. The van der Waals surface area contributed by atoms with Crippen LogP contribution in [0.15, 0.2) is 42.7 Å². The Bertz CT molecular complexity index is 1060. The summed E-state index contributed by atoms with van der Waals surface area (Å²) in [4.78, 5) is 26.0. The smallest absolute Gasteiger partial charge is 0.259 e. The molecule has 2 N–H and O–H groups in total. The van der Waals surface area contributed by atoms with Gasteiger partial charge in [-0.2, -0.15) is 11.8 Å². The van der Waals surface area contributed by atoms with Crippen LogP contribution >= 0.6 is 23.1 Å². The molecule has 1 aliphatic rings. The first-order valence-electron chi connectivity index (χ1n) is 9.19. The van der Waals surface area contributed by atoms with Crippen molar-refractivity contribution in [3.63, 3.8) is 0 Å². The SMILES string of the molecule is COc1ccc(NC(C)=O)cc1NC(=O)c1c(-n2cccc2)sc2c1CCSC2. The van der Waals surface area contributed by atoms with Gasteiger partial charge < -0.3 is 19.9 Å². The third kappa shape index (κ3) is 4.04.